The van der Waals surface area contributed by atoms with Crippen molar-refractivity contribution in [3.8, 4) is 0 Å². The number of fused-ring (bicyclic) bond motifs is 3. The molecule has 0 N–H and O–H groups in total. The molecule has 2 aromatic rings. The molecule has 0 saturated carbocycles. The molecule has 0 bridgehead atoms. The molecule has 0 radical (unpaired) electrons. The predicted octanol–water partition coefficient (Wildman–Crippen LogP) is 3.35. The SMILES string of the molecule is CC[n+]1cccc2ccc3c(c21)CC(C)C=C3. The maximum atomic E-state index is 2.36. The largest absolute Gasteiger partial charge is 0.216 e. The monoisotopic (exact) mass is 224 g/mol. The van der Waals surface area contributed by atoms with Crippen molar-refractivity contribution in [2.45, 2.75) is 26.8 Å². The highest BCUT2D eigenvalue weighted by molar-refractivity contribution is 5.83. The van der Waals surface area contributed by atoms with E-state index in [1.807, 2.05) is 0 Å². The van der Waals surface area contributed by atoms with E-state index in [0.717, 1.165) is 13.0 Å². The molecule has 1 aromatic carbocycles. The maximum absolute atomic E-state index is 2.36. The van der Waals surface area contributed by atoms with E-state index in [0.29, 0.717) is 5.92 Å². The van der Waals surface area contributed by atoms with E-state index in [9.17, 15) is 0 Å². The Morgan fingerprint density at radius 3 is 3.00 bits per heavy atom. The highest BCUT2D eigenvalue weighted by atomic mass is 14.9. The van der Waals surface area contributed by atoms with Crippen molar-refractivity contribution in [2.24, 2.45) is 5.92 Å². The molecule has 1 atom stereocenters. The van der Waals surface area contributed by atoms with Gasteiger partial charge in [-0.3, -0.25) is 0 Å². The molecule has 0 aliphatic heterocycles. The Bertz CT molecular complexity index is 596. The molecule has 3 rings (SSSR count). The summed E-state index contributed by atoms with van der Waals surface area (Å²) in [7, 11) is 0. The van der Waals surface area contributed by atoms with E-state index in [4.69, 9.17) is 0 Å². The topological polar surface area (TPSA) is 3.88 Å². The Labute approximate surface area is 102 Å². The third-order valence-corrected chi connectivity index (χ3v) is 3.65. The van der Waals surface area contributed by atoms with Crippen LogP contribution < -0.4 is 4.57 Å². The molecule has 0 spiro atoms. The maximum Gasteiger partial charge on any atom is 0.216 e. The van der Waals surface area contributed by atoms with E-state index in [1.165, 1.54) is 22.0 Å². The molecule has 1 unspecified atom stereocenters. The molecule has 0 saturated heterocycles. The standard InChI is InChI=1S/C16H18N/c1-3-17-10-4-5-14-9-8-13-7-6-12(2)11-15(13)16(14)17/h4-10,12H,3,11H2,1-2H3/q+1. The van der Waals surface area contributed by atoms with Gasteiger partial charge in [-0.1, -0.05) is 25.1 Å². The zero-order chi connectivity index (χ0) is 11.8. The van der Waals surface area contributed by atoms with Gasteiger partial charge in [-0.15, -0.1) is 0 Å². The van der Waals surface area contributed by atoms with Gasteiger partial charge in [-0.05, 0) is 37.0 Å². The minimum absolute atomic E-state index is 0.651. The summed E-state index contributed by atoms with van der Waals surface area (Å²) < 4.78 is 2.36. The van der Waals surface area contributed by atoms with Crippen molar-refractivity contribution < 1.29 is 4.57 Å². The Hall–Kier alpha value is -1.63. The molecule has 17 heavy (non-hydrogen) atoms. The van der Waals surface area contributed by atoms with Crippen LogP contribution >= 0.6 is 0 Å². The number of hydrogen-bond acceptors (Lipinski definition) is 0. The summed E-state index contributed by atoms with van der Waals surface area (Å²) in [4.78, 5) is 0. The second kappa shape index (κ2) is 3.99. The van der Waals surface area contributed by atoms with Gasteiger partial charge in [0.05, 0.1) is 0 Å². The van der Waals surface area contributed by atoms with Crippen molar-refractivity contribution in [1.82, 2.24) is 0 Å². The summed E-state index contributed by atoms with van der Waals surface area (Å²) in [5.41, 5.74) is 4.33. The van der Waals surface area contributed by atoms with E-state index in [1.54, 1.807) is 0 Å². The van der Waals surface area contributed by atoms with Gasteiger partial charge in [0.25, 0.3) is 0 Å². The molecule has 1 nitrogen and oxygen atoms in total. The predicted molar refractivity (Wildman–Crippen MR) is 71.7 cm³/mol. The summed E-state index contributed by atoms with van der Waals surface area (Å²) in [5.74, 6) is 0.651. The molecule has 1 aliphatic carbocycles. The molecule has 1 aliphatic rings. The highest BCUT2D eigenvalue weighted by Gasteiger charge is 2.19. The Kier molecular flexibility index (Phi) is 2.47. The quantitative estimate of drug-likeness (QED) is 0.654. The molecular weight excluding hydrogens is 206 g/mol. The van der Waals surface area contributed by atoms with Crippen molar-refractivity contribution in [3.63, 3.8) is 0 Å². The van der Waals surface area contributed by atoms with Crippen LogP contribution in [0.4, 0.5) is 0 Å². The van der Waals surface area contributed by atoms with Crippen molar-refractivity contribution in [2.75, 3.05) is 0 Å². The molecule has 1 heteroatoms. The van der Waals surface area contributed by atoms with Crippen molar-refractivity contribution in [1.29, 1.82) is 0 Å². The van der Waals surface area contributed by atoms with Gasteiger partial charge in [0, 0.05) is 17.0 Å². The minimum Gasteiger partial charge on any atom is -0.198 e. The van der Waals surface area contributed by atoms with Gasteiger partial charge < -0.3 is 0 Å². The van der Waals surface area contributed by atoms with Crippen LogP contribution in [-0.2, 0) is 13.0 Å². The molecule has 0 amide bonds. The molecule has 0 fully saturated rings. The highest BCUT2D eigenvalue weighted by Crippen LogP contribution is 2.27. The normalized spacial score (nSPS) is 18.4. The lowest BCUT2D eigenvalue weighted by Crippen LogP contribution is -2.34. The number of benzene rings is 1. The summed E-state index contributed by atoms with van der Waals surface area (Å²) in [6.07, 6.45) is 7.93. The van der Waals surface area contributed by atoms with Gasteiger partial charge in [0.15, 0.2) is 6.20 Å². The van der Waals surface area contributed by atoms with E-state index in [-0.39, 0.29) is 0 Å². The Morgan fingerprint density at radius 2 is 2.18 bits per heavy atom. The summed E-state index contributed by atoms with van der Waals surface area (Å²) in [5, 5.41) is 1.36. The number of aromatic nitrogens is 1. The first-order chi connectivity index (χ1) is 8.29. The summed E-state index contributed by atoms with van der Waals surface area (Å²) in [6, 6.07) is 8.84. The summed E-state index contributed by atoms with van der Waals surface area (Å²) >= 11 is 0. The van der Waals surface area contributed by atoms with Crippen LogP contribution in [0.5, 0.6) is 0 Å². The number of allylic oxidation sites excluding steroid dienone is 1. The van der Waals surface area contributed by atoms with E-state index >= 15 is 0 Å². The zero-order valence-corrected chi connectivity index (χ0v) is 10.5. The van der Waals surface area contributed by atoms with Crippen molar-refractivity contribution in [3.05, 3.63) is 47.7 Å². The van der Waals surface area contributed by atoms with Gasteiger partial charge in [0.1, 0.15) is 6.54 Å². The molecular formula is C16H18N+. The fourth-order valence-corrected chi connectivity index (χ4v) is 2.76. The third kappa shape index (κ3) is 1.66. The van der Waals surface area contributed by atoms with Crippen LogP contribution in [0, 0.1) is 5.92 Å². The average Bonchev–Trinajstić information content (AvgIpc) is 2.37. The van der Waals surface area contributed by atoms with Gasteiger partial charge in [0.2, 0.25) is 5.52 Å². The lowest BCUT2D eigenvalue weighted by molar-refractivity contribution is -0.668. The van der Waals surface area contributed by atoms with E-state index < -0.39 is 0 Å². The molecule has 1 aromatic heterocycles. The van der Waals surface area contributed by atoms with Gasteiger partial charge in [-0.2, -0.15) is 4.57 Å². The van der Waals surface area contributed by atoms with E-state index in [2.05, 4.69) is 61.0 Å². The summed E-state index contributed by atoms with van der Waals surface area (Å²) in [6.45, 7) is 5.53. The fraction of sp³-hybridized carbons (Fsp3) is 0.312. The number of aryl methyl sites for hydroxylation is 1. The number of hydrogen-bond donors (Lipinski definition) is 0. The second-order valence-electron chi connectivity index (χ2n) is 4.91. The van der Waals surface area contributed by atoms with Gasteiger partial charge in [-0.25, -0.2) is 0 Å². The van der Waals surface area contributed by atoms with Gasteiger partial charge >= 0.3 is 0 Å². The second-order valence-corrected chi connectivity index (χ2v) is 4.91. The van der Waals surface area contributed by atoms with Crippen LogP contribution in [-0.4, -0.2) is 0 Å². The number of nitrogens with zero attached hydrogens (tertiary/aromatic N) is 1. The third-order valence-electron chi connectivity index (χ3n) is 3.65. The smallest absolute Gasteiger partial charge is 0.198 e. The first kappa shape index (κ1) is 10.5. The van der Waals surface area contributed by atoms with Crippen molar-refractivity contribution >= 4 is 17.0 Å². The first-order valence-electron chi connectivity index (χ1n) is 6.42. The van der Waals surface area contributed by atoms with Crippen LogP contribution in [0.3, 0.4) is 0 Å². The zero-order valence-electron chi connectivity index (χ0n) is 10.5. The Balaban J connectivity index is 2.36. The fourth-order valence-electron chi connectivity index (χ4n) is 2.76. The Morgan fingerprint density at radius 1 is 1.29 bits per heavy atom. The minimum atomic E-state index is 0.651. The first-order valence-corrected chi connectivity index (χ1v) is 6.42. The van der Waals surface area contributed by atoms with Crippen LogP contribution in [0.2, 0.25) is 0 Å². The molecule has 1 heterocycles. The lowest BCUT2D eigenvalue weighted by Gasteiger charge is -2.16. The average molecular weight is 224 g/mol. The number of rotatable bonds is 1. The van der Waals surface area contributed by atoms with Crippen LogP contribution in [0.15, 0.2) is 36.5 Å². The number of pyridine rings is 1. The van der Waals surface area contributed by atoms with Crippen LogP contribution in [0.25, 0.3) is 17.0 Å². The van der Waals surface area contributed by atoms with Crippen LogP contribution in [0.1, 0.15) is 25.0 Å². The lowest BCUT2D eigenvalue weighted by atomic mass is 9.89. The molecule has 86 valence electrons.